The van der Waals surface area contributed by atoms with E-state index in [4.69, 9.17) is 0 Å². The fourth-order valence-electron chi connectivity index (χ4n) is 0.225. The fourth-order valence-corrected chi connectivity index (χ4v) is 0.676. The van der Waals surface area contributed by atoms with Crippen LogP contribution in [-0.4, -0.2) is 0 Å². The van der Waals surface area contributed by atoms with E-state index in [1.165, 1.54) is 18.1 Å². The van der Waals surface area contributed by atoms with E-state index in [0.717, 1.165) is 0 Å². The summed E-state index contributed by atoms with van der Waals surface area (Å²) in [7, 11) is -1.24. The van der Waals surface area contributed by atoms with Crippen LogP contribution in [0.3, 0.4) is 0 Å². The van der Waals surface area contributed by atoms with Crippen molar-refractivity contribution in [3.63, 3.8) is 0 Å². The first-order valence-corrected chi connectivity index (χ1v) is 2.90. The summed E-state index contributed by atoms with van der Waals surface area (Å²) < 4.78 is 4.47. The Labute approximate surface area is 36.2 Å². The van der Waals surface area contributed by atoms with E-state index in [2.05, 4.69) is 4.42 Å². The van der Waals surface area contributed by atoms with Crippen LogP contribution in [0.4, 0.5) is 0 Å². The highest BCUT2D eigenvalue weighted by atomic mass is 31.1. The second kappa shape index (κ2) is 1.41. The predicted octanol–water partition coefficient (Wildman–Crippen LogP) is 0.671. The van der Waals surface area contributed by atoms with Gasteiger partial charge in [0.15, 0.2) is 0 Å². The highest BCUT2D eigenvalue weighted by Gasteiger charge is 1.83. The fraction of sp³-hybridized carbons (Fsp3) is 0. The first kappa shape index (κ1) is 3.85. The van der Waals surface area contributed by atoms with Crippen molar-refractivity contribution in [2.75, 3.05) is 0 Å². The molecule has 1 heterocycles. The van der Waals surface area contributed by atoms with Crippen molar-refractivity contribution in [1.82, 2.24) is 0 Å². The van der Waals surface area contributed by atoms with E-state index in [9.17, 15) is 4.89 Å². The van der Waals surface area contributed by atoms with Gasteiger partial charge in [0.2, 0.25) is 0 Å². The van der Waals surface area contributed by atoms with Crippen LogP contribution in [0.15, 0.2) is 22.5 Å². The van der Waals surface area contributed by atoms with Gasteiger partial charge in [0, 0.05) is 0 Å². The lowest BCUT2D eigenvalue weighted by molar-refractivity contribution is -0.150. The largest absolute Gasteiger partial charge is 0.624 e. The summed E-state index contributed by atoms with van der Waals surface area (Å²) in [4.78, 5) is 10.1. The molecule has 1 aromatic heterocycles. The molecule has 0 N–H and O–H groups in total. The molecule has 0 aliphatic heterocycles. The lowest BCUT2D eigenvalue weighted by atomic mass is 11.1. The van der Waals surface area contributed by atoms with Crippen molar-refractivity contribution in [3.8, 4) is 0 Å². The van der Waals surface area contributed by atoms with Gasteiger partial charge in [-0.2, -0.15) is 0 Å². The normalized spacial score (nSPS) is 11.8. The topological polar surface area (TPSA) is 36.2 Å². The molecule has 0 saturated carbocycles. The highest BCUT2D eigenvalue weighted by Crippen LogP contribution is 2.13. The smallest absolute Gasteiger partial charge is 0.262 e. The zero-order valence-electron chi connectivity index (χ0n) is 3.00. The zero-order valence-corrected chi connectivity index (χ0v) is 3.89. The number of hydrogen-bond acceptors (Lipinski definition) is 2. The van der Waals surface area contributed by atoms with Gasteiger partial charge >= 0.3 is 0 Å². The van der Waals surface area contributed by atoms with E-state index < -0.39 is 7.76 Å². The molecule has 1 rings (SSSR count). The third kappa shape index (κ3) is 0.588. The second-order valence-corrected chi connectivity index (χ2v) is 2.12. The molecular weight excluding hydrogens is 99.0 g/mol. The summed E-state index contributed by atoms with van der Waals surface area (Å²) in [5.74, 6) is 2.81. The lowest BCUT2D eigenvalue weighted by Gasteiger charge is -1.67. The average molecular weight is 102 g/mol. The van der Waals surface area contributed by atoms with E-state index in [1.54, 1.807) is 0 Å². The molecule has 0 saturated heterocycles. The SMILES string of the molecule is [O-][p+]1ccoc1. The van der Waals surface area contributed by atoms with Gasteiger partial charge in [-0.15, -0.1) is 0 Å². The molecule has 6 heavy (non-hydrogen) atoms. The molecule has 1 unspecified atom stereocenters. The first-order chi connectivity index (χ1) is 2.89. The molecule has 0 aliphatic rings. The number of rotatable bonds is 0. The van der Waals surface area contributed by atoms with Gasteiger partial charge in [0.25, 0.3) is 5.99 Å². The maximum atomic E-state index is 10.1. The summed E-state index contributed by atoms with van der Waals surface area (Å²) in [6.45, 7) is 0. The van der Waals surface area contributed by atoms with Crippen molar-refractivity contribution in [1.29, 1.82) is 0 Å². The molecule has 0 aliphatic carbocycles. The van der Waals surface area contributed by atoms with E-state index >= 15 is 0 Å². The van der Waals surface area contributed by atoms with Crippen LogP contribution >= 0.6 is 7.76 Å². The van der Waals surface area contributed by atoms with Gasteiger partial charge < -0.3 is 9.31 Å². The summed E-state index contributed by atoms with van der Waals surface area (Å²) >= 11 is 0. The summed E-state index contributed by atoms with van der Waals surface area (Å²) in [5, 5.41) is 0. The Morgan fingerprint density at radius 3 is 2.67 bits per heavy atom. The minimum Gasteiger partial charge on any atom is -0.624 e. The van der Waals surface area contributed by atoms with Gasteiger partial charge in [0.1, 0.15) is 19.8 Å². The predicted molar refractivity (Wildman–Crippen MR) is 21.2 cm³/mol. The minimum atomic E-state index is -1.24. The molecule has 2 nitrogen and oxygen atoms in total. The van der Waals surface area contributed by atoms with Crippen LogP contribution in [0.2, 0.25) is 0 Å². The van der Waals surface area contributed by atoms with Crippen molar-refractivity contribution < 1.29 is 9.31 Å². The first-order valence-electron chi connectivity index (χ1n) is 1.50. The van der Waals surface area contributed by atoms with Crippen LogP contribution in [0.1, 0.15) is 0 Å². The maximum absolute atomic E-state index is 10.1. The van der Waals surface area contributed by atoms with Crippen LogP contribution in [0.5, 0.6) is 0 Å². The average Bonchev–Trinajstić information content (AvgIpc) is 1.86. The Morgan fingerprint density at radius 1 is 1.67 bits per heavy atom. The molecule has 1 aromatic rings. The summed E-state index contributed by atoms with van der Waals surface area (Å²) in [5.41, 5.74) is 0. The van der Waals surface area contributed by atoms with Gasteiger partial charge in [-0.3, -0.25) is 0 Å². The van der Waals surface area contributed by atoms with E-state index in [1.807, 2.05) is 0 Å². The van der Waals surface area contributed by atoms with Crippen LogP contribution in [-0.2, 0) is 0 Å². The molecule has 3 heteroatoms. The molecule has 0 radical (unpaired) electrons. The summed E-state index contributed by atoms with van der Waals surface area (Å²) in [6, 6.07) is 0. The van der Waals surface area contributed by atoms with Gasteiger partial charge in [-0.05, 0) is 0 Å². The lowest BCUT2D eigenvalue weighted by Crippen LogP contribution is -1.74. The Bertz CT molecular complexity index is 112. The van der Waals surface area contributed by atoms with Crippen LogP contribution in [0, 0.1) is 0 Å². The minimum absolute atomic E-state index is 1.24. The van der Waals surface area contributed by atoms with E-state index in [-0.39, 0.29) is 0 Å². The Balaban J connectivity index is 3.05. The van der Waals surface area contributed by atoms with Crippen LogP contribution in [0.25, 0.3) is 0 Å². The second-order valence-electron chi connectivity index (χ2n) is 0.887. The quantitative estimate of drug-likeness (QED) is 0.482. The maximum Gasteiger partial charge on any atom is 0.262 e. The van der Waals surface area contributed by atoms with Gasteiger partial charge in [-0.25, -0.2) is 0 Å². The monoisotopic (exact) mass is 102 g/mol. The molecule has 0 amide bonds. The van der Waals surface area contributed by atoms with E-state index in [0.29, 0.717) is 0 Å². The molecule has 1 atom stereocenters. The molecule has 0 fully saturated rings. The van der Waals surface area contributed by atoms with Gasteiger partial charge in [0.05, 0.1) is 0 Å². The Morgan fingerprint density at radius 2 is 2.50 bits per heavy atom. The third-order valence-corrected chi connectivity index (χ3v) is 1.20. The van der Waals surface area contributed by atoms with Crippen molar-refractivity contribution >= 4 is 7.76 Å². The Kier molecular flexibility index (Phi) is 0.906. The highest BCUT2D eigenvalue weighted by molar-refractivity contribution is 7.40. The zero-order chi connectivity index (χ0) is 4.41. The van der Waals surface area contributed by atoms with Gasteiger partial charge in [-0.1, -0.05) is 0 Å². The molecule has 0 aromatic carbocycles. The molecule has 0 bridgehead atoms. The van der Waals surface area contributed by atoms with Crippen molar-refractivity contribution in [2.24, 2.45) is 0 Å². The molecule has 0 spiro atoms. The van der Waals surface area contributed by atoms with Crippen LogP contribution < -0.4 is 4.89 Å². The molecular formula is C3H3O2P. The standard InChI is InChI=1S/C3H3O2P/c4-6-2-1-5-3-6/h1-3H. The third-order valence-electron chi connectivity index (χ3n) is 0.451. The molecule has 32 valence electrons. The Hall–Kier alpha value is -0.330. The summed E-state index contributed by atoms with van der Waals surface area (Å²) in [6.07, 6.45) is 1.42. The van der Waals surface area contributed by atoms with Crippen molar-refractivity contribution in [2.45, 2.75) is 0 Å². The van der Waals surface area contributed by atoms with Crippen molar-refractivity contribution in [3.05, 3.63) is 18.1 Å². The number of hydrogen-bond donors (Lipinski definition) is 0.